The number of benzene rings is 1. The summed E-state index contributed by atoms with van der Waals surface area (Å²) >= 11 is 3.41. The highest BCUT2D eigenvalue weighted by molar-refractivity contribution is 9.10. The molecule has 0 fully saturated rings. The lowest BCUT2D eigenvalue weighted by Crippen LogP contribution is -2.29. The van der Waals surface area contributed by atoms with Crippen LogP contribution in [0.1, 0.15) is 54.9 Å². The Bertz CT molecular complexity index is 886. The predicted molar refractivity (Wildman–Crippen MR) is 111 cm³/mol. The minimum atomic E-state index is -0.627. The van der Waals surface area contributed by atoms with E-state index < -0.39 is 5.41 Å². The van der Waals surface area contributed by atoms with Crippen molar-refractivity contribution < 1.29 is 14.3 Å². The highest BCUT2D eigenvalue weighted by atomic mass is 79.9. The van der Waals surface area contributed by atoms with Crippen LogP contribution in [-0.4, -0.2) is 23.8 Å². The largest absolute Gasteiger partial charge is 0.479 e. The summed E-state index contributed by atoms with van der Waals surface area (Å²) in [5.41, 5.74) is 2.16. The van der Waals surface area contributed by atoms with Gasteiger partial charge in [-0.1, -0.05) is 55.8 Å². The Morgan fingerprint density at radius 1 is 1.26 bits per heavy atom. The van der Waals surface area contributed by atoms with Crippen molar-refractivity contribution in [3.63, 3.8) is 0 Å². The SMILES string of the molecule is CCc1c(C)nc(OC)c(NC(=O)C(C)(C)C)c1C(=O)c1cccc(Br)c1. The van der Waals surface area contributed by atoms with Crippen molar-refractivity contribution >= 4 is 33.3 Å². The Kier molecular flexibility index (Phi) is 6.42. The first-order valence-electron chi connectivity index (χ1n) is 8.79. The Morgan fingerprint density at radius 2 is 1.93 bits per heavy atom. The van der Waals surface area contributed by atoms with E-state index in [0.29, 0.717) is 28.9 Å². The Morgan fingerprint density at radius 3 is 2.44 bits per heavy atom. The van der Waals surface area contributed by atoms with Gasteiger partial charge in [0.15, 0.2) is 5.78 Å². The number of ether oxygens (including phenoxy) is 1. The first-order valence-corrected chi connectivity index (χ1v) is 9.58. The molecule has 1 heterocycles. The van der Waals surface area contributed by atoms with Gasteiger partial charge < -0.3 is 10.1 Å². The number of methoxy groups -OCH3 is 1. The van der Waals surface area contributed by atoms with Gasteiger partial charge in [0.05, 0.1) is 12.7 Å². The zero-order valence-corrected chi connectivity index (χ0v) is 18.2. The van der Waals surface area contributed by atoms with Gasteiger partial charge in [-0.25, -0.2) is 4.98 Å². The Balaban J connectivity index is 2.73. The number of nitrogens with zero attached hydrogens (tertiary/aromatic N) is 1. The van der Waals surface area contributed by atoms with E-state index in [2.05, 4.69) is 26.2 Å². The third kappa shape index (κ3) is 4.56. The van der Waals surface area contributed by atoms with E-state index in [1.807, 2.05) is 46.8 Å². The summed E-state index contributed by atoms with van der Waals surface area (Å²) in [6.45, 7) is 9.24. The lowest BCUT2D eigenvalue weighted by molar-refractivity contribution is -0.123. The molecule has 0 radical (unpaired) electrons. The zero-order valence-electron chi connectivity index (χ0n) is 16.6. The van der Waals surface area contributed by atoms with Gasteiger partial charge in [0, 0.05) is 21.1 Å². The molecule has 27 heavy (non-hydrogen) atoms. The van der Waals surface area contributed by atoms with Gasteiger partial charge >= 0.3 is 0 Å². The molecule has 1 amide bonds. The molecule has 144 valence electrons. The summed E-state index contributed by atoms with van der Waals surface area (Å²) in [5, 5.41) is 2.88. The van der Waals surface area contributed by atoms with Gasteiger partial charge in [0.2, 0.25) is 11.8 Å². The standard InChI is InChI=1S/C21H25BrN2O3/c1-7-15-12(2)23-19(27-6)17(24-20(26)21(3,4)5)16(15)18(25)13-9-8-10-14(22)11-13/h8-11H,7H2,1-6H3,(H,24,26). The molecule has 0 bridgehead atoms. The zero-order chi connectivity index (χ0) is 20.4. The third-order valence-corrected chi connectivity index (χ3v) is 4.75. The van der Waals surface area contributed by atoms with Crippen LogP contribution >= 0.6 is 15.9 Å². The molecule has 5 nitrogen and oxygen atoms in total. The van der Waals surface area contributed by atoms with Gasteiger partial charge in [-0.15, -0.1) is 0 Å². The van der Waals surface area contributed by atoms with Crippen LogP contribution in [0.25, 0.3) is 0 Å². The van der Waals surface area contributed by atoms with Gasteiger partial charge in [-0.3, -0.25) is 9.59 Å². The second-order valence-corrected chi connectivity index (χ2v) is 8.25. The van der Waals surface area contributed by atoms with Crippen molar-refractivity contribution in [3.05, 3.63) is 51.1 Å². The minimum Gasteiger partial charge on any atom is -0.479 e. The van der Waals surface area contributed by atoms with Gasteiger partial charge in [0.1, 0.15) is 5.69 Å². The second kappa shape index (κ2) is 8.21. The second-order valence-electron chi connectivity index (χ2n) is 7.33. The van der Waals surface area contributed by atoms with Crippen molar-refractivity contribution in [1.82, 2.24) is 4.98 Å². The van der Waals surface area contributed by atoms with E-state index in [-0.39, 0.29) is 17.6 Å². The monoisotopic (exact) mass is 432 g/mol. The predicted octanol–water partition coefficient (Wildman–Crippen LogP) is 4.94. The molecule has 0 aliphatic carbocycles. The topological polar surface area (TPSA) is 68.3 Å². The molecule has 0 aliphatic heterocycles. The molecule has 0 aliphatic rings. The van der Waals surface area contributed by atoms with Crippen LogP contribution in [0.3, 0.4) is 0 Å². The molecular weight excluding hydrogens is 408 g/mol. The van der Waals surface area contributed by atoms with E-state index in [9.17, 15) is 9.59 Å². The van der Waals surface area contributed by atoms with Gasteiger partial charge in [-0.05, 0) is 31.0 Å². The number of aromatic nitrogens is 1. The van der Waals surface area contributed by atoms with E-state index in [1.165, 1.54) is 7.11 Å². The van der Waals surface area contributed by atoms with Crippen molar-refractivity contribution in [3.8, 4) is 5.88 Å². The lowest BCUT2D eigenvalue weighted by atomic mass is 9.92. The van der Waals surface area contributed by atoms with E-state index in [4.69, 9.17) is 4.74 Å². The first kappa shape index (κ1) is 21.1. The number of carbonyl (C=O) groups is 2. The average Bonchev–Trinajstić information content (AvgIpc) is 2.60. The summed E-state index contributed by atoms with van der Waals surface area (Å²) in [6, 6.07) is 7.18. The fraction of sp³-hybridized carbons (Fsp3) is 0.381. The maximum atomic E-state index is 13.4. The van der Waals surface area contributed by atoms with Crippen LogP contribution in [-0.2, 0) is 11.2 Å². The third-order valence-electron chi connectivity index (χ3n) is 4.25. The molecule has 1 aromatic heterocycles. The van der Waals surface area contributed by atoms with Crippen molar-refractivity contribution in [2.75, 3.05) is 12.4 Å². The summed E-state index contributed by atoms with van der Waals surface area (Å²) in [6.07, 6.45) is 0.607. The normalized spacial score (nSPS) is 11.2. The number of ketones is 1. The number of anilines is 1. The fourth-order valence-corrected chi connectivity index (χ4v) is 3.14. The Hall–Kier alpha value is -2.21. The number of rotatable bonds is 5. The molecule has 0 spiro atoms. The van der Waals surface area contributed by atoms with Crippen LogP contribution < -0.4 is 10.1 Å². The first-order chi connectivity index (χ1) is 12.6. The molecule has 2 aromatic rings. The molecule has 1 N–H and O–H groups in total. The van der Waals surface area contributed by atoms with Crippen LogP contribution in [0.2, 0.25) is 0 Å². The van der Waals surface area contributed by atoms with E-state index >= 15 is 0 Å². The number of halogens is 1. The van der Waals surface area contributed by atoms with E-state index in [1.54, 1.807) is 12.1 Å². The average molecular weight is 433 g/mol. The molecule has 0 unspecified atom stereocenters. The lowest BCUT2D eigenvalue weighted by Gasteiger charge is -2.22. The number of carbonyl (C=O) groups excluding carboxylic acids is 2. The maximum absolute atomic E-state index is 13.4. The number of pyridine rings is 1. The summed E-state index contributed by atoms with van der Waals surface area (Å²) < 4.78 is 6.21. The number of amides is 1. The molecule has 0 saturated heterocycles. The summed E-state index contributed by atoms with van der Waals surface area (Å²) in [7, 11) is 1.48. The number of hydrogen-bond donors (Lipinski definition) is 1. The quantitative estimate of drug-likeness (QED) is 0.679. The van der Waals surface area contributed by atoms with E-state index in [0.717, 1.165) is 10.0 Å². The smallest absolute Gasteiger partial charge is 0.238 e. The van der Waals surface area contributed by atoms with Crippen LogP contribution in [0.15, 0.2) is 28.7 Å². The highest BCUT2D eigenvalue weighted by Gasteiger charge is 2.29. The molecular formula is C21H25BrN2O3. The summed E-state index contributed by atoms with van der Waals surface area (Å²) in [4.78, 5) is 30.5. The molecule has 0 saturated carbocycles. The highest BCUT2D eigenvalue weighted by Crippen LogP contribution is 2.34. The minimum absolute atomic E-state index is 0.179. The fourth-order valence-electron chi connectivity index (χ4n) is 2.74. The summed E-state index contributed by atoms with van der Waals surface area (Å²) in [5.74, 6) is -0.154. The molecule has 1 aromatic carbocycles. The van der Waals surface area contributed by atoms with Gasteiger partial charge in [-0.2, -0.15) is 0 Å². The van der Waals surface area contributed by atoms with Crippen molar-refractivity contribution in [2.24, 2.45) is 5.41 Å². The molecule has 6 heteroatoms. The van der Waals surface area contributed by atoms with Crippen LogP contribution in [0.5, 0.6) is 5.88 Å². The number of hydrogen-bond acceptors (Lipinski definition) is 4. The maximum Gasteiger partial charge on any atom is 0.238 e. The van der Waals surface area contributed by atoms with Gasteiger partial charge in [0.25, 0.3) is 0 Å². The van der Waals surface area contributed by atoms with Crippen LogP contribution in [0, 0.1) is 12.3 Å². The number of aryl methyl sites for hydroxylation is 1. The van der Waals surface area contributed by atoms with Crippen molar-refractivity contribution in [2.45, 2.75) is 41.0 Å². The number of nitrogens with one attached hydrogen (secondary N) is 1. The molecule has 0 atom stereocenters. The van der Waals surface area contributed by atoms with Crippen LogP contribution in [0.4, 0.5) is 5.69 Å². The molecule has 2 rings (SSSR count). The van der Waals surface area contributed by atoms with Crippen molar-refractivity contribution in [1.29, 1.82) is 0 Å². The Labute approximate surface area is 168 Å².